The van der Waals surface area contributed by atoms with Crippen LogP contribution in [0.1, 0.15) is 27.5 Å². The van der Waals surface area contributed by atoms with E-state index in [-0.39, 0.29) is 18.0 Å². The molecule has 5 rings (SSSR count). The molecule has 3 atom stereocenters. The number of benzene rings is 3. The highest BCUT2D eigenvalue weighted by molar-refractivity contribution is 6.08. The van der Waals surface area contributed by atoms with Crippen molar-refractivity contribution in [2.24, 2.45) is 5.92 Å². The van der Waals surface area contributed by atoms with Crippen LogP contribution >= 0.6 is 0 Å². The molecule has 1 N–H and O–H groups in total. The summed E-state index contributed by atoms with van der Waals surface area (Å²) in [4.78, 5) is 45.9. The van der Waals surface area contributed by atoms with Crippen LogP contribution < -0.4 is 5.06 Å². The second-order valence-electron chi connectivity index (χ2n) is 7.80. The van der Waals surface area contributed by atoms with Crippen molar-refractivity contribution in [1.29, 1.82) is 0 Å². The zero-order valence-corrected chi connectivity index (χ0v) is 17.0. The number of nitrogens with zero attached hydrogens (tertiary/aromatic N) is 2. The lowest BCUT2D eigenvalue weighted by molar-refractivity contribution is -0.143. The average molecular weight is 428 g/mol. The number of anilines is 1. The number of aromatic carboxylic acids is 1. The first-order chi connectivity index (χ1) is 15.6. The van der Waals surface area contributed by atoms with Crippen LogP contribution in [-0.2, 0) is 21.0 Å². The Balaban J connectivity index is 1.58. The fourth-order valence-electron chi connectivity index (χ4n) is 4.46. The van der Waals surface area contributed by atoms with Crippen molar-refractivity contribution in [3.8, 4) is 0 Å². The lowest BCUT2D eigenvalue weighted by Gasteiger charge is -2.29. The molecule has 3 unspecified atom stereocenters. The summed E-state index contributed by atoms with van der Waals surface area (Å²) in [6.07, 6.45) is -1.02. The molecule has 0 bridgehead atoms. The quantitative estimate of drug-likeness (QED) is 0.627. The Hall–Kier alpha value is -3.97. The minimum Gasteiger partial charge on any atom is -0.478 e. The van der Waals surface area contributed by atoms with Crippen molar-refractivity contribution in [3.63, 3.8) is 0 Å². The van der Waals surface area contributed by atoms with E-state index in [9.17, 15) is 19.5 Å². The monoisotopic (exact) mass is 428 g/mol. The Morgan fingerprint density at radius 3 is 2.16 bits per heavy atom. The van der Waals surface area contributed by atoms with Gasteiger partial charge in [0.2, 0.25) is 5.91 Å². The first-order valence-electron chi connectivity index (χ1n) is 10.3. The smallest absolute Gasteiger partial charge is 0.336 e. The molecule has 0 aromatic heterocycles. The second kappa shape index (κ2) is 7.94. The summed E-state index contributed by atoms with van der Waals surface area (Å²) in [7, 11) is 0. The van der Waals surface area contributed by atoms with Gasteiger partial charge < -0.3 is 5.11 Å². The lowest BCUT2D eigenvalue weighted by Crippen LogP contribution is -2.37. The third kappa shape index (κ3) is 3.23. The molecule has 2 aliphatic heterocycles. The number of carbonyl (C=O) groups excluding carboxylic acids is 2. The van der Waals surface area contributed by atoms with E-state index in [1.165, 1.54) is 16.0 Å². The summed E-state index contributed by atoms with van der Waals surface area (Å²) in [5.41, 5.74) is 1.97. The lowest BCUT2D eigenvalue weighted by atomic mass is 9.88. The van der Waals surface area contributed by atoms with Gasteiger partial charge in [-0.3, -0.25) is 19.3 Å². The molecule has 7 heteroatoms. The zero-order valence-electron chi connectivity index (χ0n) is 17.0. The maximum atomic E-state index is 13.5. The van der Waals surface area contributed by atoms with Crippen LogP contribution in [0.15, 0.2) is 84.9 Å². The predicted octanol–water partition coefficient (Wildman–Crippen LogP) is 3.43. The maximum absolute atomic E-state index is 13.5. The first-order valence-corrected chi connectivity index (χ1v) is 10.3. The molecule has 3 aromatic rings. The van der Waals surface area contributed by atoms with Crippen LogP contribution in [0.2, 0.25) is 0 Å². The molecule has 0 radical (unpaired) electrons. The largest absolute Gasteiger partial charge is 0.478 e. The molecule has 32 heavy (non-hydrogen) atoms. The van der Waals surface area contributed by atoms with E-state index in [4.69, 9.17) is 4.84 Å². The number of hydrogen-bond donors (Lipinski definition) is 1. The minimum atomic E-state index is -1.10. The third-order valence-corrected chi connectivity index (χ3v) is 5.91. The maximum Gasteiger partial charge on any atom is 0.336 e. The fraction of sp³-hybridized carbons (Fsp3) is 0.160. The average Bonchev–Trinajstić information content (AvgIpc) is 3.32. The molecule has 0 aliphatic carbocycles. The van der Waals surface area contributed by atoms with Gasteiger partial charge in [-0.15, -0.1) is 0 Å². The molecular formula is C25H20N2O5. The van der Waals surface area contributed by atoms with Gasteiger partial charge in [0.1, 0.15) is 5.92 Å². The topological polar surface area (TPSA) is 87.2 Å². The number of carboxylic acid groups (broad SMARTS) is 1. The Kier molecular flexibility index (Phi) is 4.95. The Bertz CT molecular complexity index is 1180. The van der Waals surface area contributed by atoms with Gasteiger partial charge in [0.25, 0.3) is 5.91 Å². The second-order valence-corrected chi connectivity index (χ2v) is 7.80. The summed E-state index contributed by atoms with van der Waals surface area (Å²) < 4.78 is 0. The van der Waals surface area contributed by atoms with Crippen molar-refractivity contribution in [1.82, 2.24) is 4.90 Å². The van der Waals surface area contributed by atoms with Crippen LogP contribution in [0.3, 0.4) is 0 Å². The van der Waals surface area contributed by atoms with Crippen molar-refractivity contribution in [2.45, 2.75) is 18.7 Å². The molecule has 0 saturated carbocycles. The molecule has 2 aliphatic rings. The molecule has 2 fully saturated rings. The molecule has 2 heterocycles. The summed E-state index contributed by atoms with van der Waals surface area (Å²) in [6.45, 7) is 0.146. The van der Waals surface area contributed by atoms with Gasteiger partial charge >= 0.3 is 5.97 Å². The normalized spacial score (nSPS) is 22.3. The number of hydroxylamine groups is 1. The van der Waals surface area contributed by atoms with Gasteiger partial charge in [-0.1, -0.05) is 66.7 Å². The molecule has 3 aromatic carbocycles. The molecule has 0 spiro atoms. The number of fused-ring (bicyclic) bond motifs is 1. The predicted molar refractivity (Wildman–Crippen MR) is 115 cm³/mol. The summed E-state index contributed by atoms with van der Waals surface area (Å²) >= 11 is 0. The molecule has 2 amide bonds. The minimum absolute atomic E-state index is 0.0736. The summed E-state index contributed by atoms with van der Waals surface area (Å²) in [5, 5.41) is 11.3. The number of amides is 2. The van der Waals surface area contributed by atoms with E-state index in [1.54, 1.807) is 30.3 Å². The molecule has 160 valence electrons. The summed E-state index contributed by atoms with van der Waals surface area (Å²) in [6, 6.07) is 24.1. The van der Waals surface area contributed by atoms with Crippen LogP contribution in [0.5, 0.6) is 0 Å². The summed E-state index contributed by atoms with van der Waals surface area (Å²) in [5.74, 6) is -2.74. The SMILES string of the molecule is O=C(O)c1ccccc1C1C2C(=O)N(Cc3ccccc3)C(=O)C2ON1c1ccccc1. The highest BCUT2D eigenvalue weighted by Crippen LogP contribution is 2.47. The fourth-order valence-corrected chi connectivity index (χ4v) is 4.46. The number of carboxylic acids is 1. The number of carbonyl (C=O) groups is 3. The Morgan fingerprint density at radius 1 is 0.844 bits per heavy atom. The highest BCUT2D eigenvalue weighted by Gasteiger charge is 2.60. The van der Waals surface area contributed by atoms with Gasteiger partial charge in [0.05, 0.1) is 23.8 Å². The zero-order chi connectivity index (χ0) is 22.2. The van der Waals surface area contributed by atoms with Crippen LogP contribution in [0.25, 0.3) is 0 Å². The number of likely N-dealkylation sites (tertiary alicyclic amines) is 1. The third-order valence-electron chi connectivity index (χ3n) is 5.91. The van der Waals surface area contributed by atoms with Crippen molar-refractivity contribution < 1.29 is 24.3 Å². The van der Waals surface area contributed by atoms with Crippen molar-refractivity contribution in [3.05, 3.63) is 102 Å². The Labute approximate surface area is 184 Å². The molecule has 7 nitrogen and oxygen atoms in total. The standard InChI is InChI=1S/C25H20N2O5/c28-23-20-21(18-13-7-8-14-19(18)25(30)31)27(17-11-5-2-6-12-17)32-22(20)24(29)26(23)15-16-9-3-1-4-10-16/h1-14,20-22H,15H2,(H,30,31). The highest BCUT2D eigenvalue weighted by atomic mass is 16.7. The van der Waals surface area contributed by atoms with E-state index < -0.39 is 29.9 Å². The number of hydrogen-bond acceptors (Lipinski definition) is 5. The molecule has 2 saturated heterocycles. The van der Waals surface area contributed by atoms with E-state index in [1.807, 2.05) is 48.5 Å². The van der Waals surface area contributed by atoms with E-state index in [0.717, 1.165) is 5.56 Å². The number of rotatable bonds is 5. The molecular weight excluding hydrogens is 408 g/mol. The van der Waals surface area contributed by atoms with E-state index in [0.29, 0.717) is 11.3 Å². The first kappa shape index (κ1) is 20.0. The van der Waals surface area contributed by atoms with E-state index in [2.05, 4.69) is 0 Å². The van der Waals surface area contributed by atoms with Gasteiger partial charge in [0.15, 0.2) is 6.10 Å². The Morgan fingerprint density at radius 2 is 1.47 bits per heavy atom. The van der Waals surface area contributed by atoms with E-state index >= 15 is 0 Å². The van der Waals surface area contributed by atoms with Crippen LogP contribution in [-0.4, -0.2) is 33.9 Å². The number of para-hydroxylation sites is 1. The van der Waals surface area contributed by atoms with Gasteiger partial charge in [-0.25, -0.2) is 9.86 Å². The van der Waals surface area contributed by atoms with Crippen molar-refractivity contribution >= 4 is 23.5 Å². The van der Waals surface area contributed by atoms with Crippen LogP contribution in [0, 0.1) is 5.92 Å². The van der Waals surface area contributed by atoms with Gasteiger partial charge in [0, 0.05) is 0 Å². The van der Waals surface area contributed by atoms with Crippen LogP contribution in [0.4, 0.5) is 5.69 Å². The van der Waals surface area contributed by atoms with Crippen molar-refractivity contribution in [2.75, 3.05) is 5.06 Å². The van der Waals surface area contributed by atoms with Gasteiger partial charge in [-0.05, 0) is 29.3 Å². The van der Waals surface area contributed by atoms with Gasteiger partial charge in [-0.2, -0.15) is 0 Å². The number of imide groups is 1.